The monoisotopic (exact) mass is 383 g/mol. The number of hydrogen-bond acceptors (Lipinski definition) is 2. The first-order valence-corrected chi connectivity index (χ1v) is 9.77. The number of benzene rings is 2. The van der Waals surface area contributed by atoms with Gasteiger partial charge in [-0.25, -0.2) is 9.07 Å². The highest BCUT2D eigenvalue weighted by atomic mass is 35.5. The van der Waals surface area contributed by atoms with Gasteiger partial charge in [-0.1, -0.05) is 48.0 Å². The molecular formula is C22H23ClFN3. The minimum Gasteiger partial charge on any atom is -0.306 e. The first kappa shape index (κ1) is 18.2. The number of fused-ring (bicyclic) bond motifs is 1. The highest BCUT2D eigenvalue weighted by Gasteiger charge is 2.21. The van der Waals surface area contributed by atoms with E-state index in [-0.39, 0.29) is 5.82 Å². The van der Waals surface area contributed by atoms with Crippen LogP contribution in [0.15, 0.2) is 48.5 Å². The molecule has 4 rings (SSSR count). The van der Waals surface area contributed by atoms with E-state index < -0.39 is 0 Å². The number of hydrogen-bond donors (Lipinski definition) is 1. The molecule has 0 bridgehead atoms. The van der Waals surface area contributed by atoms with Crippen molar-refractivity contribution in [3.63, 3.8) is 0 Å². The Morgan fingerprint density at radius 1 is 1.19 bits per heavy atom. The van der Waals surface area contributed by atoms with Crippen LogP contribution in [0.1, 0.15) is 46.8 Å². The molecule has 0 saturated heterocycles. The summed E-state index contributed by atoms with van der Waals surface area (Å²) in [5.41, 5.74) is 5.77. The van der Waals surface area contributed by atoms with Crippen molar-refractivity contribution >= 4 is 11.6 Å². The number of halogens is 2. The fourth-order valence-corrected chi connectivity index (χ4v) is 4.15. The van der Waals surface area contributed by atoms with Gasteiger partial charge in [-0.15, -0.1) is 0 Å². The molecule has 0 aliphatic heterocycles. The van der Waals surface area contributed by atoms with Crippen molar-refractivity contribution in [1.29, 1.82) is 0 Å². The molecule has 1 atom stereocenters. The fraction of sp³-hybridized carbons (Fsp3) is 0.318. The highest BCUT2D eigenvalue weighted by molar-refractivity contribution is 6.30. The van der Waals surface area contributed by atoms with Crippen molar-refractivity contribution in [3.05, 3.63) is 87.4 Å². The molecule has 0 amide bonds. The molecule has 0 unspecified atom stereocenters. The molecule has 0 spiro atoms. The molecule has 0 fully saturated rings. The normalized spacial score (nSPS) is 16.3. The Hall–Kier alpha value is -2.17. The van der Waals surface area contributed by atoms with Crippen molar-refractivity contribution < 1.29 is 4.39 Å². The fourth-order valence-electron chi connectivity index (χ4n) is 3.85. The van der Waals surface area contributed by atoms with Gasteiger partial charge in [-0.05, 0) is 55.0 Å². The standard InChI is InChI=1S/C22H23ClFN3/c1-15-20(13-25-21-8-4-6-17-5-2-3-7-19(17)21)22(23)27(26-15)14-16-9-11-18(24)12-10-16/h2-3,5,7,9-12,21,25H,4,6,8,13-14H2,1H3/t21-/m0/s1. The zero-order valence-corrected chi connectivity index (χ0v) is 16.1. The summed E-state index contributed by atoms with van der Waals surface area (Å²) in [6, 6.07) is 15.5. The van der Waals surface area contributed by atoms with Gasteiger partial charge >= 0.3 is 0 Å². The van der Waals surface area contributed by atoms with Gasteiger partial charge in [-0.2, -0.15) is 5.10 Å². The Bertz CT molecular complexity index is 933. The Kier molecular flexibility index (Phi) is 5.28. The maximum atomic E-state index is 13.1. The van der Waals surface area contributed by atoms with Crippen LogP contribution in [0.25, 0.3) is 0 Å². The lowest BCUT2D eigenvalue weighted by atomic mass is 9.87. The molecule has 1 aliphatic carbocycles. The summed E-state index contributed by atoms with van der Waals surface area (Å²) < 4.78 is 14.9. The second kappa shape index (κ2) is 7.83. The van der Waals surface area contributed by atoms with Crippen molar-refractivity contribution in [1.82, 2.24) is 15.1 Å². The summed E-state index contributed by atoms with van der Waals surface area (Å²) in [6.07, 6.45) is 3.49. The third-order valence-electron chi connectivity index (χ3n) is 5.32. The van der Waals surface area contributed by atoms with Gasteiger partial charge in [0, 0.05) is 18.2 Å². The third kappa shape index (κ3) is 3.92. The minimum atomic E-state index is -0.237. The van der Waals surface area contributed by atoms with Crippen molar-refractivity contribution in [2.45, 2.75) is 45.3 Å². The van der Waals surface area contributed by atoms with Crippen molar-refractivity contribution in [2.24, 2.45) is 0 Å². The molecule has 27 heavy (non-hydrogen) atoms. The van der Waals surface area contributed by atoms with Crippen molar-refractivity contribution in [3.8, 4) is 0 Å². The molecule has 3 aromatic rings. The van der Waals surface area contributed by atoms with Crippen LogP contribution < -0.4 is 5.32 Å². The average Bonchev–Trinajstić information content (AvgIpc) is 2.95. The van der Waals surface area contributed by atoms with Gasteiger partial charge in [0.1, 0.15) is 11.0 Å². The van der Waals surface area contributed by atoms with Crippen molar-refractivity contribution in [2.75, 3.05) is 0 Å². The van der Waals surface area contributed by atoms with Gasteiger partial charge in [0.05, 0.1) is 12.2 Å². The van der Waals surface area contributed by atoms with Gasteiger partial charge in [0.15, 0.2) is 0 Å². The van der Waals surface area contributed by atoms with Crippen LogP contribution >= 0.6 is 11.6 Å². The molecule has 140 valence electrons. The van der Waals surface area contributed by atoms with E-state index in [0.717, 1.165) is 29.7 Å². The Labute approximate surface area is 164 Å². The molecule has 1 aromatic heterocycles. The van der Waals surface area contributed by atoms with E-state index in [1.807, 2.05) is 6.92 Å². The van der Waals surface area contributed by atoms with E-state index >= 15 is 0 Å². The maximum Gasteiger partial charge on any atom is 0.132 e. The number of aromatic nitrogens is 2. The van der Waals surface area contributed by atoms with Crippen LogP contribution in [-0.2, 0) is 19.5 Å². The third-order valence-corrected chi connectivity index (χ3v) is 5.75. The summed E-state index contributed by atoms with van der Waals surface area (Å²) in [5.74, 6) is -0.237. The minimum absolute atomic E-state index is 0.237. The lowest BCUT2D eigenvalue weighted by Gasteiger charge is -2.26. The SMILES string of the molecule is Cc1nn(Cc2ccc(F)cc2)c(Cl)c1CN[C@H]1CCCc2ccccc21. The van der Waals surface area contributed by atoms with E-state index in [1.165, 1.54) is 29.7 Å². The van der Waals surface area contributed by atoms with Gasteiger partial charge < -0.3 is 5.32 Å². The van der Waals surface area contributed by atoms with Gasteiger partial charge in [0.25, 0.3) is 0 Å². The van der Waals surface area contributed by atoms with Crippen LogP contribution in [0.5, 0.6) is 0 Å². The lowest BCUT2D eigenvalue weighted by Crippen LogP contribution is -2.25. The molecular weight excluding hydrogens is 361 g/mol. The number of nitrogens with zero attached hydrogens (tertiary/aromatic N) is 2. The Balaban J connectivity index is 1.49. The topological polar surface area (TPSA) is 29.9 Å². The Morgan fingerprint density at radius 2 is 1.96 bits per heavy atom. The number of rotatable bonds is 5. The Morgan fingerprint density at radius 3 is 2.78 bits per heavy atom. The van der Waals surface area contributed by atoms with Crippen LogP contribution in [0, 0.1) is 12.7 Å². The number of aryl methyl sites for hydroxylation is 2. The van der Waals surface area contributed by atoms with Gasteiger partial charge in [-0.3, -0.25) is 0 Å². The molecule has 1 heterocycles. The summed E-state index contributed by atoms with van der Waals surface area (Å²) >= 11 is 6.62. The van der Waals surface area contributed by atoms with E-state index in [4.69, 9.17) is 11.6 Å². The number of nitrogens with one attached hydrogen (secondary N) is 1. The smallest absolute Gasteiger partial charge is 0.132 e. The highest BCUT2D eigenvalue weighted by Crippen LogP contribution is 2.30. The lowest BCUT2D eigenvalue weighted by molar-refractivity contribution is 0.458. The van der Waals surface area contributed by atoms with E-state index in [0.29, 0.717) is 24.3 Å². The van der Waals surface area contributed by atoms with Crippen LogP contribution in [0.4, 0.5) is 4.39 Å². The molecule has 3 nitrogen and oxygen atoms in total. The quantitative estimate of drug-likeness (QED) is 0.656. The first-order valence-electron chi connectivity index (χ1n) is 9.39. The summed E-state index contributed by atoms with van der Waals surface area (Å²) in [4.78, 5) is 0. The molecule has 1 N–H and O–H groups in total. The largest absolute Gasteiger partial charge is 0.306 e. The second-order valence-corrected chi connectivity index (χ2v) is 7.52. The predicted octanol–water partition coefficient (Wildman–Crippen LogP) is 5.20. The van der Waals surface area contributed by atoms with E-state index in [1.54, 1.807) is 16.8 Å². The van der Waals surface area contributed by atoms with E-state index in [9.17, 15) is 4.39 Å². The molecule has 0 saturated carbocycles. The van der Waals surface area contributed by atoms with Crippen LogP contribution in [0.3, 0.4) is 0 Å². The van der Waals surface area contributed by atoms with E-state index in [2.05, 4.69) is 34.7 Å². The average molecular weight is 384 g/mol. The zero-order chi connectivity index (χ0) is 18.8. The molecule has 2 aromatic carbocycles. The van der Waals surface area contributed by atoms with Crippen LogP contribution in [0.2, 0.25) is 5.15 Å². The first-order chi connectivity index (χ1) is 13.1. The van der Waals surface area contributed by atoms with Gasteiger partial charge in [0.2, 0.25) is 0 Å². The molecule has 0 radical (unpaired) electrons. The zero-order valence-electron chi connectivity index (χ0n) is 15.4. The summed E-state index contributed by atoms with van der Waals surface area (Å²) in [5, 5.41) is 8.91. The predicted molar refractivity (Wildman–Crippen MR) is 106 cm³/mol. The van der Waals surface area contributed by atoms with Crippen LogP contribution in [-0.4, -0.2) is 9.78 Å². The maximum absolute atomic E-state index is 13.1. The molecule has 1 aliphatic rings. The summed E-state index contributed by atoms with van der Waals surface area (Å²) in [7, 11) is 0. The molecule has 5 heteroatoms. The summed E-state index contributed by atoms with van der Waals surface area (Å²) in [6.45, 7) is 3.21. The second-order valence-electron chi connectivity index (χ2n) is 7.16.